The summed E-state index contributed by atoms with van der Waals surface area (Å²) in [4.78, 5) is 14.2. The van der Waals surface area contributed by atoms with E-state index in [2.05, 4.69) is 4.90 Å². The smallest absolute Gasteiger partial charge is 0.328 e. The monoisotopic (exact) mass is 281 g/mol. The molecule has 1 heterocycles. The summed E-state index contributed by atoms with van der Waals surface area (Å²) in [5.74, 6) is -0.907. The van der Waals surface area contributed by atoms with Crippen LogP contribution in [-0.2, 0) is 16.1 Å². The minimum Gasteiger partial charge on any atom is -0.478 e. The highest BCUT2D eigenvalue weighted by Gasteiger charge is 2.29. The molecule has 1 aromatic heterocycles. The maximum Gasteiger partial charge on any atom is 0.328 e. The van der Waals surface area contributed by atoms with Gasteiger partial charge in [-0.15, -0.1) is 11.3 Å². The van der Waals surface area contributed by atoms with Gasteiger partial charge in [0.2, 0.25) is 0 Å². The molecule has 0 aromatic carbocycles. The summed E-state index contributed by atoms with van der Waals surface area (Å²) in [5.41, 5.74) is 1.01. The number of thiophene rings is 1. The van der Waals surface area contributed by atoms with E-state index >= 15 is 0 Å². The van der Waals surface area contributed by atoms with Crippen molar-refractivity contribution in [3.63, 3.8) is 0 Å². The van der Waals surface area contributed by atoms with E-state index < -0.39 is 5.97 Å². The Morgan fingerprint density at radius 2 is 2.42 bits per heavy atom. The number of ether oxygens (including phenoxy) is 1. The first-order valence-corrected chi connectivity index (χ1v) is 7.29. The molecular weight excluding hydrogens is 262 g/mol. The van der Waals surface area contributed by atoms with Gasteiger partial charge in [0.05, 0.1) is 6.61 Å². The Kier molecular flexibility index (Phi) is 5.13. The average Bonchev–Trinajstić information content (AvgIpc) is 3.13. The lowest BCUT2D eigenvalue weighted by Gasteiger charge is -2.21. The normalized spacial score (nSPS) is 15.5. The van der Waals surface area contributed by atoms with Crippen molar-refractivity contribution >= 4 is 23.4 Å². The summed E-state index contributed by atoms with van der Waals surface area (Å²) >= 11 is 1.68. The van der Waals surface area contributed by atoms with Crippen molar-refractivity contribution in [3.05, 3.63) is 28.0 Å². The van der Waals surface area contributed by atoms with Gasteiger partial charge in [-0.05, 0) is 35.9 Å². The Morgan fingerprint density at radius 1 is 1.63 bits per heavy atom. The van der Waals surface area contributed by atoms with Gasteiger partial charge in [0.1, 0.15) is 0 Å². The SMILES string of the molecule is COCCN(Cc1sccc1C=CC(=O)O)C1CC1. The Bertz CT molecular complexity index is 451. The molecule has 1 fully saturated rings. The first-order valence-electron chi connectivity index (χ1n) is 6.41. The van der Waals surface area contributed by atoms with Crippen LogP contribution in [0.4, 0.5) is 0 Å². The molecule has 1 aliphatic carbocycles. The molecule has 2 rings (SSSR count). The van der Waals surface area contributed by atoms with E-state index in [-0.39, 0.29) is 0 Å². The van der Waals surface area contributed by atoms with Crippen LogP contribution in [0.25, 0.3) is 6.08 Å². The first-order chi connectivity index (χ1) is 9.20. The van der Waals surface area contributed by atoms with Crippen molar-refractivity contribution in [1.29, 1.82) is 0 Å². The summed E-state index contributed by atoms with van der Waals surface area (Å²) in [6, 6.07) is 2.65. The molecule has 0 amide bonds. The lowest BCUT2D eigenvalue weighted by atomic mass is 10.2. The fourth-order valence-corrected chi connectivity index (χ4v) is 2.90. The zero-order valence-electron chi connectivity index (χ0n) is 11.0. The van der Waals surface area contributed by atoms with Crippen molar-refractivity contribution in [2.45, 2.75) is 25.4 Å². The second kappa shape index (κ2) is 6.84. The highest BCUT2D eigenvalue weighted by atomic mass is 32.1. The van der Waals surface area contributed by atoms with Crippen molar-refractivity contribution in [1.82, 2.24) is 4.90 Å². The summed E-state index contributed by atoms with van der Waals surface area (Å²) in [6.07, 6.45) is 5.39. The molecule has 0 aliphatic heterocycles. The number of rotatable bonds is 8. The zero-order valence-corrected chi connectivity index (χ0v) is 11.9. The third-order valence-corrected chi connectivity index (χ3v) is 4.10. The summed E-state index contributed by atoms with van der Waals surface area (Å²) in [5, 5.41) is 10.7. The summed E-state index contributed by atoms with van der Waals surface area (Å²) < 4.78 is 5.15. The van der Waals surface area contributed by atoms with E-state index in [9.17, 15) is 4.79 Å². The molecule has 5 heteroatoms. The fourth-order valence-electron chi connectivity index (χ4n) is 2.01. The zero-order chi connectivity index (χ0) is 13.7. The molecule has 104 valence electrons. The maximum atomic E-state index is 10.6. The van der Waals surface area contributed by atoms with E-state index in [1.54, 1.807) is 24.5 Å². The molecule has 0 spiro atoms. The Morgan fingerprint density at radius 3 is 3.05 bits per heavy atom. The Hall–Kier alpha value is -1.17. The van der Waals surface area contributed by atoms with Crippen LogP contribution < -0.4 is 0 Å². The van der Waals surface area contributed by atoms with Crippen molar-refractivity contribution in [3.8, 4) is 0 Å². The molecule has 0 bridgehead atoms. The number of hydrogen-bond acceptors (Lipinski definition) is 4. The van der Waals surface area contributed by atoms with Gasteiger partial charge in [-0.25, -0.2) is 4.79 Å². The van der Waals surface area contributed by atoms with Crippen LogP contribution in [0.3, 0.4) is 0 Å². The van der Waals surface area contributed by atoms with Crippen LogP contribution in [0.5, 0.6) is 0 Å². The van der Waals surface area contributed by atoms with Gasteiger partial charge < -0.3 is 9.84 Å². The van der Waals surface area contributed by atoms with Crippen LogP contribution >= 0.6 is 11.3 Å². The van der Waals surface area contributed by atoms with Gasteiger partial charge >= 0.3 is 5.97 Å². The number of nitrogens with zero attached hydrogens (tertiary/aromatic N) is 1. The number of aliphatic carboxylic acids is 1. The number of hydrogen-bond donors (Lipinski definition) is 1. The van der Waals surface area contributed by atoms with Crippen LogP contribution in [0.15, 0.2) is 17.5 Å². The van der Waals surface area contributed by atoms with Crippen molar-refractivity contribution in [2.24, 2.45) is 0 Å². The Balaban J connectivity index is 2.00. The van der Waals surface area contributed by atoms with Crippen LogP contribution in [0.2, 0.25) is 0 Å². The highest BCUT2D eigenvalue weighted by molar-refractivity contribution is 7.10. The topological polar surface area (TPSA) is 49.8 Å². The molecular formula is C14H19NO3S. The largest absolute Gasteiger partial charge is 0.478 e. The molecule has 1 aliphatic rings. The molecule has 1 saturated carbocycles. The van der Waals surface area contributed by atoms with Crippen LogP contribution in [0.1, 0.15) is 23.3 Å². The van der Waals surface area contributed by atoms with E-state index in [0.717, 1.165) is 25.3 Å². The summed E-state index contributed by atoms with van der Waals surface area (Å²) in [7, 11) is 1.72. The minimum absolute atomic E-state index is 0.675. The second-order valence-electron chi connectivity index (χ2n) is 4.67. The molecule has 0 radical (unpaired) electrons. The van der Waals surface area contributed by atoms with Crippen LogP contribution in [-0.4, -0.2) is 42.3 Å². The number of carboxylic acids is 1. The third kappa shape index (κ3) is 4.45. The molecule has 1 N–H and O–H groups in total. The lowest BCUT2D eigenvalue weighted by Crippen LogP contribution is -2.29. The molecule has 1 aromatic rings. The second-order valence-corrected chi connectivity index (χ2v) is 5.67. The quantitative estimate of drug-likeness (QED) is 0.744. The molecule has 4 nitrogen and oxygen atoms in total. The average molecular weight is 281 g/mol. The predicted octanol–water partition coefficient (Wildman–Crippen LogP) is 2.46. The van der Waals surface area contributed by atoms with Gasteiger partial charge in [-0.1, -0.05) is 0 Å². The van der Waals surface area contributed by atoms with Gasteiger partial charge in [0.25, 0.3) is 0 Å². The fraction of sp³-hybridized carbons (Fsp3) is 0.500. The van der Waals surface area contributed by atoms with Gasteiger partial charge in [-0.2, -0.15) is 0 Å². The van der Waals surface area contributed by atoms with E-state index in [1.807, 2.05) is 11.4 Å². The van der Waals surface area contributed by atoms with E-state index in [0.29, 0.717) is 6.04 Å². The van der Waals surface area contributed by atoms with Gasteiger partial charge in [0, 0.05) is 37.2 Å². The summed E-state index contributed by atoms with van der Waals surface area (Å²) in [6.45, 7) is 2.55. The third-order valence-electron chi connectivity index (χ3n) is 3.18. The standard InChI is InChI=1S/C14H19NO3S/c1-18-8-7-15(12-3-4-12)10-13-11(6-9-19-13)2-5-14(16)17/h2,5-6,9,12H,3-4,7-8,10H2,1H3,(H,16,17). The van der Waals surface area contributed by atoms with Crippen LogP contribution in [0, 0.1) is 0 Å². The highest BCUT2D eigenvalue weighted by Crippen LogP contribution is 2.30. The molecule has 19 heavy (non-hydrogen) atoms. The van der Waals surface area contributed by atoms with E-state index in [1.165, 1.54) is 23.8 Å². The molecule has 0 unspecified atom stereocenters. The van der Waals surface area contributed by atoms with Crippen molar-refractivity contribution < 1.29 is 14.6 Å². The number of methoxy groups -OCH3 is 1. The molecule has 0 atom stereocenters. The van der Waals surface area contributed by atoms with Gasteiger partial charge in [-0.3, -0.25) is 4.90 Å². The Labute approximate surface area is 117 Å². The minimum atomic E-state index is -0.907. The van der Waals surface area contributed by atoms with E-state index in [4.69, 9.17) is 9.84 Å². The van der Waals surface area contributed by atoms with Gasteiger partial charge in [0.15, 0.2) is 0 Å². The number of carbonyl (C=O) groups is 1. The predicted molar refractivity (Wildman–Crippen MR) is 76.3 cm³/mol. The van der Waals surface area contributed by atoms with Crippen molar-refractivity contribution in [2.75, 3.05) is 20.3 Å². The number of carboxylic acid groups (broad SMARTS) is 1. The maximum absolute atomic E-state index is 10.6. The lowest BCUT2D eigenvalue weighted by molar-refractivity contribution is -0.131. The first kappa shape index (κ1) is 14.2. The molecule has 0 saturated heterocycles.